The Balaban J connectivity index is 1.93. The minimum Gasteiger partial charge on any atom is -0.321 e. The van der Waals surface area contributed by atoms with Gasteiger partial charge in [-0.05, 0) is 30.9 Å². The third-order valence-corrected chi connectivity index (χ3v) is 2.63. The Bertz CT molecular complexity index is 474. The van der Waals surface area contributed by atoms with E-state index in [0.29, 0.717) is 5.82 Å². The van der Waals surface area contributed by atoms with Crippen LogP contribution in [0.3, 0.4) is 0 Å². The molecule has 90 valence electrons. The summed E-state index contributed by atoms with van der Waals surface area (Å²) in [6.45, 7) is 1.96. The molecule has 0 amide bonds. The zero-order valence-corrected chi connectivity index (χ0v) is 10.2. The highest BCUT2D eigenvalue weighted by Crippen LogP contribution is 2.12. The molecule has 2 heterocycles. The van der Waals surface area contributed by atoms with E-state index in [4.69, 9.17) is 5.73 Å². The largest absolute Gasteiger partial charge is 0.321 e. The zero-order chi connectivity index (χ0) is 12.3. The molecular formula is C12H17N5. The van der Waals surface area contributed by atoms with E-state index in [1.807, 2.05) is 26.4 Å². The van der Waals surface area contributed by atoms with Gasteiger partial charge in [-0.1, -0.05) is 0 Å². The first-order chi connectivity index (χ1) is 8.15. The van der Waals surface area contributed by atoms with Gasteiger partial charge in [-0.3, -0.25) is 4.68 Å². The second-order valence-corrected chi connectivity index (χ2v) is 4.29. The minimum atomic E-state index is -0.115. The molecule has 0 aromatic carbocycles. The molecule has 1 unspecified atom stereocenters. The topological polar surface area (TPSA) is 69.6 Å². The number of aryl methyl sites for hydroxylation is 3. The van der Waals surface area contributed by atoms with Crippen LogP contribution >= 0.6 is 0 Å². The summed E-state index contributed by atoms with van der Waals surface area (Å²) in [4.78, 5) is 8.48. The van der Waals surface area contributed by atoms with Crippen LogP contribution in [0.25, 0.3) is 0 Å². The molecule has 2 rings (SSSR count). The Morgan fingerprint density at radius 1 is 1.29 bits per heavy atom. The Kier molecular flexibility index (Phi) is 3.49. The lowest BCUT2D eigenvalue weighted by atomic mass is 10.1. The maximum Gasteiger partial charge on any atom is 0.144 e. The van der Waals surface area contributed by atoms with E-state index in [0.717, 1.165) is 18.4 Å². The molecule has 0 radical (unpaired) electrons. The fraction of sp³-hybridized carbons (Fsp3) is 0.417. The van der Waals surface area contributed by atoms with Crippen LogP contribution in [0.5, 0.6) is 0 Å². The molecule has 2 aromatic rings. The number of aromatic nitrogens is 4. The van der Waals surface area contributed by atoms with Crippen molar-refractivity contribution in [2.45, 2.75) is 25.8 Å². The predicted octanol–water partition coefficient (Wildman–Crippen LogP) is 1.15. The average molecular weight is 231 g/mol. The Labute approximate surface area is 101 Å². The maximum atomic E-state index is 6.05. The molecule has 17 heavy (non-hydrogen) atoms. The maximum absolute atomic E-state index is 6.05. The smallest absolute Gasteiger partial charge is 0.144 e. The normalized spacial score (nSPS) is 12.6. The first kappa shape index (κ1) is 11.7. The molecule has 0 bridgehead atoms. The van der Waals surface area contributed by atoms with Crippen molar-refractivity contribution in [1.82, 2.24) is 19.7 Å². The van der Waals surface area contributed by atoms with Gasteiger partial charge in [-0.15, -0.1) is 0 Å². The van der Waals surface area contributed by atoms with Gasteiger partial charge in [0.05, 0.1) is 12.2 Å². The first-order valence-corrected chi connectivity index (χ1v) is 5.67. The van der Waals surface area contributed by atoms with Crippen molar-refractivity contribution in [3.05, 3.63) is 41.7 Å². The van der Waals surface area contributed by atoms with Gasteiger partial charge >= 0.3 is 0 Å². The van der Waals surface area contributed by atoms with Gasteiger partial charge < -0.3 is 5.73 Å². The lowest BCUT2D eigenvalue weighted by Gasteiger charge is -2.08. The highest BCUT2D eigenvalue weighted by atomic mass is 15.2. The Morgan fingerprint density at radius 2 is 2.00 bits per heavy atom. The monoisotopic (exact) mass is 231 g/mol. The van der Waals surface area contributed by atoms with Crippen LogP contribution in [0.15, 0.2) is 24.8 Å². The molecular weight excluding hydrogens is 214 g/mol. The average Bonchev–Trinajstić information content (AvgIpc) is 2.73. The van der Waals surface area contributed by atoms with Crippen molar-refractivity contribution in [1.29, 1.82) is 0 Å². The Hall–Kier alpha value is -1.75. The first-order valence-electron chi connectivity index (χ1n) is 5.67. The molecule has 0 saturated carbocycles. The fourth-order valence-electron chi connectivity index (χ4n) is 1.65. The van der Waals surface area contributed by atoms with Crippen molar-refractivity contribution in [2.75, 3.05) is 0 Å². The summed E-state index contributed by atoms with van der Waals surface area (Å²) in [7, 11) is 1.91. The van der Waals surface area contributed by atoms with Crippen molar-refractivity contribution >= 4 is 0 Å². The number of hydrogen-bond acceptors (Lipinski definition) is 4. The molecule has 0 spiro atoms. The molecule has 0 saturated heterocycles. The van der Waals surface area contributed by atoms with Crippen LogP contribution in [0.4, 0.5) is 0 Å². The molecule has 5 nitrogen and oxygen atoms in total. The lowest BCUT2D eigenvalue weighted by Crippen LogP contribution is -2.14. The SMILES string of the molecule is Cc1cnc(C(N)CCc2cnn(C)c2)nc1. The van der Waals surface area contributed by atoms with Crippen LogP contribution in [0, 0.1) is 6.92 Å². The van der Waals surface area contributed by atoms with Gasteiger partial charge in [-0.2, -0.15) is 5.10 Å². The van der Waals surface area contributed by atoms with E-state index in [1.165, 1.54) is 5.56 Å². The summed E-state index contributed by atoms with van der Waals surface area (Å²) in [5.74, 6) is 0.708. The van der Waals surface area contributed by atoms with E-state index >= 15 is 0 Å². The predicted molar refractivity (Wildman–Crippen MR) is 65.2 cm³/mol. The summed E-state index contributed by atoms with van der Waals surface area (Å²) in [5.41, 5.74) is 8.29. The fourth-order valence-corrected chi connectivity index (χ4v) is 1.65. The summed E-state index contributed by atoms with van der Waals surface area (Å²) < 4.78 is 1.79. The van der Waals surface area contributed by atoms with Crippen LogP contribution in [-0.4, -0.2) is 19.7 Å². The van der Waals surface area contributed by atoms with Gasteiger partial charge in [-0.25, -0.2) is 9.97 Å². The van der Waals surface area contributed by atoms with Crippen LogP contribution < -0.4 is 5.73 Å². The van der Waals surface area contributed by atoms with Gasteiger partial charge in [0.2, 0.25) is 0 Å². The molecule has 2 N–H and O–H groups in total. The van der Waals surface area contributed by atoms with Gasteiger partial charge in [0.1, 0.15) is 5.82 Å². The van der Waals surface area contributed by atoms with E-state index < -0.39 is 0 Å². The number of nitrogens with two attached hydrogens (primary N) is 1. The molecule has 0 aliphatic rings. The highest BCUT2D eigenvalue weighted by molar-refractivity contribution is 5.07. The second kappa shape index (κ2) is 5.05. The lowest BCUT2D eigenvalue weighted by molar-refractivity contribution is 0.611. The molecule has 1 atom stereocenters. The summed E-state index contributed by atoms with van der Waals surface area (Å²) >= 11 is 0. The molecule has 0 aliphatic carbocycles. The van der Waals surface area contributed by atoms with Crippen molar-refractivity contribution in [3.63, 3.8) is 0 Å². The van der Waals surface area contributed by atoms with E-state index in [-0.39, 0.29) is 6.04 Å². The zero-order valence-electron chi connectivity index (χ0n) is 10.2. The molecule has 5 heteroatoms. The van der Waals surface area contributed by atoms with Crippen LogP contribution in [0.2, 0.25) is 0 Å². The summed E-state index contributed by atoms with van der Waals surface area (Å²) in [6.07, 6.45) is 9.19. The summed E-state index contributed by atoms with van der Waals surface area (Å²) in [6, 6.07) is -0.115. The number of nitrogens with zero attached hydrogens (tertiary/aromatic N) is 4. The minimum absolute atomic E-state index is 0.115. The molecule has 2 aromatic heterocycles. The molecule has 0 fully saturated rings. The van der Waals surface area contributed by atoms with E-state index in [9.17, 15) is 0 Å². The summed E-state index contributed by atoms with van der Waals surface area (Å²) in [5, 5.41) is 4.12. The quantitative estimate of drug-likeness (QED) is 0.857. The van der Waals surface area contributed by atoms with Gasteiger partial charge in [0.25, 0.3) is 0 Å². The van der Waals surface area contributed by atoms with Crippen LogP contribution in [0.1, 0.15) is 29.4 Å². The standard InChI is InChI=1S/C12H17N5/c1-9-5-14-12(15-6-9)11(13)4-3-10-7-16-17(2)8-10/h5-8,11H,3-4,13H2,1-2H3. The number of hydrogen-bond donors (Lipinski definition) is 1. The highest BCUT2D eigenvalue weighted by Gasteiger charge is 2.09. The van der Waals surface area contributed by atoms with Crippen LogP contribution in [-0.2, 0) is 13.5 Å². The van der Waals surface area contributed by atoms with Gasteiger partial charge in [0, 0.05) is 25.6 Å². The second-order valence-electron chi connectivity index (χ2n) is 4.29. The number of rotatable bonds is 4. The van der Waals surface area contributed by atoms with Crippen molar-refractivity contribution in [3.8, 4) is 0 Å². The van der Waals surface area contributed by atoms with Gasteiger partial charge in [0.15, 0.2) is 0 Å². The third kappa shape index (κ3) is 3.10. The van der Waals surface area contributed by atoms with E-state index in [1.54, 1.807) is 17.1 Å². The molecule has 0 aliphatic heterocycles. The van der Waals surface area contributed by atoms with Crippen molar-refractivity contribution < 1.29 is 0 Å². The van der Waals surface area contributed by atoms with Crippen molar-refractivity contribution in [2.24, 2.45) is 12.8 Å². The van der Waals surface area contributed by atoms with E-state index in [2.05, 4.69) is 15.1 Å². The Morgan fingerprint density at radius 3 is 2.59 bits per heavy atom. The third-order valence-electron chi connectivity index (χ3n) is 2.63.